The lowest BCUT2D eigenvalue weighted by molar-refractivity contribution is 0.929. The maximum atomic E-state index is 11.1. The Hall–Kier alpha value is -1.91. The Morgan fingerprint density at radius 2 is 2.31 bits per heavy atom. The van der Waals surface area contributed by atoms with Gasteiger partial charge in [-0.25, -0.2) is 19.4 Å². The third-order valence-electron chi connectivity index (χ3n) is 1.67. The van der Waals surface area contributed by atoms with Crippen molar-refractivity contribution in [1.82, 2.24) is 19.7 Å². The van der Waals surface area contributed by atoms with Crippen molar-refractivity contribution in [1.29, 1.82) is 0 Å². The van der Waals surface area contributed by atoms with Gasteiger partial charge in [0.15, 0.2) is 0 Å². The predicted molar refractivity (Wildman–Crippen MR) is 46.7 cm³/mol. The number of hydrogen-bond donors (Lipinski definition) is 1. The number of nitrogens with one attached hydrogen (secondary N) is 1. The first-order valence-corrected chi connectivity index (χ1v) is 3.83. The first-order valence-electron chi connectivity index (χ1n) is 3.83. The lowest BCUT2D eigenvalue weighted by Crippen LogP contribution is -2.15. The maximum absolute atomic E-state index is 11.1. The molecule has 2 heterocycles. The molecule has 0 aliphatic carbocycles. The summed E-state index contributed by atoms with van der Waals surface area (Å²) in [6, 6.07) is 5.47. The highest BCUT2D eigenvalue weighted by molar-refractivity contribution is 5.23. The minimum absolute atomic E-state index is 0.280. The lowest BCUT2D eigenvalue weighted by Gasteiger charge is -1.98. The van der Waals surface area contributed by atoms with E-state index in [1.165, 1.54) is 10.9 Å². The molecule has 0 aromatic carbocycles. The molecule has 2 rings (SSSR count). The van der Waals surface area contributed by atoms with Crippen molar-refractivity contribution in [3.8, 4) is 5.82 Å². The highest BCUT2D eigenvalue weighted by atomic mass is 16.1. The molecule has 0 bridgehead atoms. The van der Waals surface area contributed by atoms with Gasteiger partial charge in [-0.3, -0.25) is 0 Å². The van der Waals surface area contributed by atoms with Crippen molar-refractivity contribution < 1.29 is 0 Å². The van der Waals surface area contributed by atoms with Crippen LogP contribution in [0.4, 0.5) is 0 Å². The molecule has 5 heteroatoms. The van der Waals surface area contributed by atoms with Gasteiger partial charge in [-0.1, -0.05) is 6.07 Å². The van der Waals surface area contributed by atoms with E-state index in [4.69, 9.17) is 0 Å². The highest BCUT2D eigenvalue weighted by Crippen LogP contribution is 2.00. The molecular formula is C8H8N4O. The van der Waals surface area contributed by atoms with Crippen LogP contribution < -0.4 is 5.69 Å². The second kappa shape index (κ2) is 2.85. The Bertz CT molecular complexity index is 471. The summed E-state index contributed by atoms with van der Waals surface area (Å²) in [7, 11) is 0. The zero-order valence-corrected chi connectivity index (χ0v) is 7.06. The van der Waals surface area contributed by atoms with E-state index in [9.17, 15) is 4.79 Å². The minimum Gasteiger partial charge on any atom is -0.246 e. The number of H-pyrrole nitrogens is 1. The van der Waals surface area contributed by atoms with Crippen molar-refractivity contribution in [3.05, 3.63) is 40.7 Å². The largest absolute Gasteiger partial charge is 0.348 e. The fraction of sp³-hybridized carbons (Fsp3) is 0.125. The molecule has 0 amide bonds. The molecule has 2 aromatic rings. The van der Waals surface area contributed by atoms with E-state index < -0.39 is 0 Å². The third kappa shape index (κ3) is 1.35. The van der Waals surface area contributed by atoms with Gasteiger partial charge >= 0.3 is 5.69 Å². The Labute approximate surface area is 74.1 Å². The van der Waals surface area contributed by atoms with Gasteiger partial charge in [-0.15, -0.1) is 0 Å². The molecule has 0 saturated carbocycles. The van der Waals surface area contributed by atoms with Crippen molar-refractivity contribution in [2.24, 2.45) is 0 Å². The number of aromatic nitrogens is 4. The van der Waals surface area contributed by atoms with Crippen LogP contribution in [0.15, 0.2) is 29.3 Å². The standard InChI is InChI=1S/C8H8N4O/c1-6-3-2-4-7(10-6)12-5-9-11-8(12)13/h2-5H,1H3,(H,11,13). The van der Waals surface area contributed by atoms with Crippen LogP contribution in [0.2, 0.25) is 0 Å². The van der Waals surface area contributed by atoms with Crippen LogP contribution in [-0.4, -0.2) is 19.7 Å². The maximum Gasteiger partial charge on any atom is 0.348 e. The summed E-state index contributed by atoms with van der Waals surface area (Å²) in [4.78, 5) is 15.3. The van der Waals surface area contributed by atoms with Gasteiger partial charge in [0.1, 0.15) is 12.1 Å². The number of aryl methyl sites for hydroxylation is 1. The quantitative estimate of drug-likeness (QED) is 0.678. The summed E-state index contributed by atoms with van der Waals surface area (Å²) in [5.41, 5.74) is 0.587. The van der Waals surface area contributed by atoms with Crippen molar-refractivity contribution in [2.75, 3.05) is 0 Å². The number of aromatic amines is 1. The molecule has 0 saturated heterocycles. The van der Waals surface area contributed by atoms with Crippen LogP contribution in [-0.2, 0) is 0 Å². The Kier molecular flexibility index (Phi) is 1.70. The van der Waals surface area contributed by atoms with Crippen LogP contribution in [0.5, 0.6) is 0 Å². The van der Waals surface area contributed by atoms with Crippen molar-refractivity contribution in [2.45, 2.75) is 6.92 Å². The van der Waals surface area contributed by atoms with Crippen LogP contribution in [0.25, 0.3) is 5.82 Å². The molecule has 5 nitrogen and oxygen atoms in total. The number of pyridine rings is 1. The summed E-state index contributed by atoms with van der Waals surface area (Å²) in [5, 5.41) is 5.92. The Morgan fingerprint density at radius 1 is 1.46 bits per heavy atom. The van der Waals surface area contributed by atoms with Gasteiger partial charge in [-0.05, 0) is 19.1 Å². The normalized spacial score (nSPS) is 10.2. The zero-order chi connectivity index (χ0) is 9.26. The average Bonchev–Trinajstić information content (AvgIpc) is 2.51. The van der Waals surface area contributed by atoms with E-state index in [-0.39, 0.29) is 5.69 Å². The second-order valence-electron chi connectivity index (χ2n) is 2.67. The predicted octanol–water partition coefficient (Wildman–Crippen LogP) is 0.264. The van der Waals surface area contributed by atoms with Gasteiger partial charge in [0, 0.05) is 5.69 Å². The van der Waals surface area contributed by atoms with E-state index in [1.54, 1.807) is 6.07 Å². The van der Waals surface area contributed by atoms with E-state index in [0.717, 1.165) is 5.69 Å². The molecule has 0 aliphatic heterocycles. The molecule has 2 aromatic heterocycles. The SMILES string of the molecule is Cc1cccc(-n2cn[nH]c2=O)n1. The smallest absolute Gasteiger partial charge is 0.246 e. The van der Waals surface area contributed by atoms with Crippen LogP contribution in [0.1, 0.15) is 5.69 Å². The zero-order valence-electron chi connectivity index (χ0n) is 7.06. The van der Waals surface area contributed by atoms with E-state index >= 15 is 0 Å². The molecule has 0 aliphatic rings. The molecule has 13 heavy (non-hydrogen) atoms. The summed E-state index contributed by atoms with van der Waals surface area (Å²) in [6.07, 6.45) is 1.41. The van der Waals surface area contributed by atoms with Crippen LogP contribution >= 0.6 is 0 Å². The van der Waals surface area contributed by atoms with Gasteiger partial charge in [0.2, 0.25) is 0 Å². The van der Waals surface area contributed by atoms with E-state index in [0.29, 0.717) is 5.82 Å². The van der Waals surface area contributed by atoms with Gasteiger partial charge in [0.05, 0.1) is 0 Å². The molecule has 0 unspecified atom stereocenters. The average molecular weight is 176 g/mol. The molecule has 66 valence electrons. The highest BCUT2D eigenvalue weighted by Gasteiger charge is 2.00. The number of rotatable bonds is 1. The summed E-state index contributed by atoms with van der Waals surface area (Å²) in [6.45, 7) is 1.87. The van der Waals surface area contributed by atoms with Gasteiger partial charge in [-0.2, -0.15) is 5.10 Å². The number of nitrogens with zero attached hydrogens (tertiary/aromatic N) is 3. The molecule has 0 fully saturated rings. The fourth-order valence-corrected chi connectivity index (χ4v) is 1.07. The summed E-state index contributed by atoms with van der Waals surface area (Å²) < 4.78 is 1.35. The van der Waals surface area contributed by atoms with Crippen LogP contribution in [0.3, 0.4) is 0 Å². The molecular weight excluding hydrogens is 168 g/mol. The van der Waals surface area contributed by atoms with Crippen molar-refractivity contribution >= 4 is 0 Å². The monoisotopic (exact) mass is 176 g/mol. The summed E-state index contributed by atoms with van der Waals surface area (Å²) in [5.74, 6) is 0.582. The Balaban J connectivity index is 2.59. The van der Waals surface area contributed by atoms with E-state index in [1.807, 2.05) is 19.1 Å². The molecule has 0 atom stereocenters. The minimum atomic E-state index is -0.280. The fourth-order valence-electron chi connectivity index (χ4n) is 1.07. The molecule has 0 spiro atoms. The second-order valence-corrected chi connectivity index (χ2v) is 2.67. The number of hydrogen-bond acceptors (Lipinski definition) is 3. The van der Waals surface area contributed by atoms with Gasteiger partial charge < -0.3 is 0 Å². The lowest BCUT2D eigenvalue weighted by atomic mass is 10.4. The summed E-state index contributed by atoms with van der Waals surface area (Å²) >= 11 is 0. The van der Waals surface area contributed by atoms with Crippen LogP contribution in [0, 0.1) is 6.92 Å². The Morgan fingerprint density at radius 3 is 2.92 bits per heavy atom. The van der Waals surface area contributed by atoms with Crippen molar-refractivity contribution in [3.63, 3.8) is 0 Å². The molecule has 0 radical (unpaired) electrons. The first-order chi connectivity index (χ1) is 6.27. The van der Waals surface area contributed by atoms with Gasteiger partial charge in [0.25, 0.3) is 0 Å². The molecule has 1 N–H and O–H groups in total. The topological polar surface area (TPSA) is 63.6 Å². The first kappa shape index (κ1) is 7.72. The van der Waals surface area contributed by atoms with E-state index in [2.05, 4.69) is 15.2 Å². The third-order valence-corrected chi connectivity index (χ3v) is 1.67.